The minimum absolute atomic E-state index is 0.0160. The normalized spacial score (nSPS) is 18.8. The summed E-state index contributed by atoms with van der Waals surface area (Å²) in [6.07, 6.45) is 0. The van der Waals surface area contributed by atoms with Gasteiger partial charge in [-0.25, -0.2) is 4.79 Å². The van der Waals surface area contributed by atoms with Gasteiger partial charge in [0.15, 0.2) is 6.04 Å². The number of amides is 1. The lowest BCUT2D eigenvalue weighted by atomic mass is 9.87. The van der Waals surface area contributed by atoms with E-state index >= 15 is 0 Å². The summed E-state index contributed by atoms with van der Waals surface area (Å²) in [5.74, 6) is -1.35. The zero-order valence-electron chi connectivity index (χ0n) is 14.1. The predicted molar refractivity (Wildman–Crippen MR) is 90.3 cm³/mol. The number of carbonyl (C=O) groups excluding carboxylic acids is 1. The molecule has 1 aliphatic rings. The third kappa shape index (κ3) is 3.01. The number of hydrogen-bond donors (Lipinski definition) is 2. The van der Waals surface area contributed by atoms with Crippen LogP contribution in [0, 0.1) is 0 Å². The van der Waals surface area contributed by atoms with Crippen LogP contribution in [-0.2, 0) is 14.9 Å². The molecule has 1 aliphatic heterocycles. The fraction of sp³-hybridized carbons (Fsp3) is 0.444. The van der Waals surface area contributed by atoms with Crippen LogP contribution in [0.5, 0.6) is 0 Å². The first-order valence-electron chi connectivity index (χ1n) is 8.02. The zero-order chi connectivity index (χ0) is 17.5. The molecule has 24 heavy (non-hydrogen) atoms. The molecule has 128 valence electrons. The lowest BCUT2D eigenvalue weighted by molar-refractivity contribution is -0.147. The molecular weight excluding hydrogens is 308 g/mol. The van der Waals surface area contributed by atoms with Crippen molar-refractivity contribution in [3.63, 3.8) is 0 Å². The van der Waals surface area contributed by atoms with E-state index in [4.69, 9.17) is 4.74 Å². The standard InChI is InChI=1S/C18H22N2O4/c1-18(2,3)12-5-4-11-8-14(19-13(11)9-12)16(21)20-6-7-24-10-15(20)17(22)23/h4-5,8-9,15,19H,6-7,10H2,1-3H3,(H,22,23). The number of carbonyl (C=O) groups is 2. The molecule has 1 unspecified atom stereocenters. The average molecular weight is 330 g/mol. The van der Waals surface area contributed by atoms with E-state index in [9.17, 15) is 14.7 Å². The van der Waals surface area contributed by atoms with Crippen LogP contribution < -0.4 is 0 Å². The number of aromatic amines is 1. The Labute approximate surface area is 140 Å². The highest BCUT2D eigenvalue weighted by molar-refractivity contribution is 5.99. The van der Waals surface area contributed by atoms with Crippen LogP contribution in [0.2, 0.25) is 0 Å². The number of carboxylic acid groups (broad SMARTS) is 1. The SMILES string of the molecule is CC(C)(C)c1ccc2cc(C(=O)N3CCOCC3C(=O)O)[nH]c2c1. The highest BCUT2D eigenvalue weighted by Crippen LogP contribution is 2.27. The molecule has 0 saturated carbocycles. The van der Waals surface area contributed by atoms with Crippen LogP contribution in [0.4, 0.5) is 0 Å². The first-order chi connectivity index (χ1) is 11.3. The first kappa shape index (κ1) is 16.5. The molecule has 2 N–H and O–H groups in total. The fourth-order valence-electron chi connectivity index (χ4n) is 2.91. The Balaban J connectivity index is 1.93. The Hall–Kier alpha value is -2.34. The van der Waals surface area contributed by atoms with E-state index in [2.05, 4.69) is 31.8 Å². The molecule has 0 spiro atoms. The minimum Gasteiger partial charge on any atom is -0.480 e. The lowest BCUT2D eigenvalue weighted by Crippen LogP contribution is -2.52. The third-order valence-electron chi connectivity index (χ3n) is 4.39. The van der Waals surface area contributed by atoms with Gasteiger partial charge in [-0.1, -0.05) is 32.9 Å². The number of nitrogens with zero attached hydrogens (tertiary/aromatic N) is 1. The number of hydrogen-bond acceptors (Lipinski definition) is 3. The minimum atomic E-state index is -1.05. The Bertz CT molecular complexity index is 788. The maximum absolute atomic E-state index is 12.7. The summed E-state index contributed by atoms with van der Waals surface area (Å²) in [5, 5.41) is 10.2. The smallest absolute Gasteiger partial charge is 0.328 e. The van der Waals surface area contributed by atoms with Crippen molar-refractivity contribution in [1.82, 2.24) is 9.88 Å². The first-order valence-corrected chi connectivity index (χ1v) is 8.02. The molecule has 1 aromatic carbocycles. The van der Waals surface area contributed by atoms with Gasteiger partial charge >= 0.3 is 5.97 Å². The van der Waals surface area contributed by atoms with Gasteiger partial charge in [0.2, 0.25) is 0 Å². The second-order valence-electron chi connectivity index (χ2n) is 7.16. The van der Waals surface area contributed by atoms with Crippen molar-refractivity contribution >= 4 is 22.8 Å². The van der Waals surface area contributed by atoms with Gasteiger partial charge in [0.1, 0.15) is 5.69 Å². The maximum Gasteiger partial charge on any atom is 0.328 e. The van der Waals surface area contributed by atoms with Crippen LogP contribution in [-0.4, -0.2) is 52.7 Å². The van der Waals surface area contributed by atoms with Gasteiger partial charge in [-0.15, -0.1) is 0 Å². The Morgan fingerprint density at radius 2 is 2.04 bits per heavy atom. The summed E-state index contributed by atoms with van der Waals surface area (Å²) in [6, 6.07) is 6.91. The number of benzene rings is 1. The number of H-pyrrole nitrogens is 1. The molecule has 0 aliphatic carbocycles. The van der Waals surface area contributed by atoms with Crippen molar-refractivity contribution in [3.05, 3.63) is 35.5 Å². The van der Waals surface area contributed by atoms with Crippen molar-refractivity contribution in [2.24, 2.45) is 0 Å². The average Bonchev–Trinajstić information content (AvgIpc) is 2.96. The third-order valence-corrected chi connectivity index (χ3v) is 4.39. The van der Waals surface area contributed by atoms with E-state index < -0.39 is 12.0 Å². The van der Waals surface area contributed by atoms with Crippen molar-refractivity contribution < 1.29 is 19.4 Å². The largest absolute Gasteiger partial charge is 0.480 e. The zero-order valence-corrected chi connectivity index (χ0v) is 14.1. The van der Waals surface area contributed by atoms with Crippen molar-refractivity contribution in [2.45, 2.75) is 32.2 Å². The number of fused-ring (bicyclic) bond motifs is 1. The van der Waals surface area contributed by atoms with Crippen LogP contribution in [0.3, 0.4) is 0 Å². The molecule has 2 aromatic rings. The van der Waals surface area contributed by atoms with E-state index in [-0.39, 0.29) is 24.5 Å². The van der Waals surface area contributed by atoms with Crippen LogP contribution in [0.25, 0.3) is 10.9 Å². The van der Waals surface area contributed by atoms with Gasteiger partial charge in [-0.3, -0.25) is 4.79 Å². The van der Waals surface area contributed by atoms with Gasteiger partial charge in [0.25, 0.3) is 5.91 Å². The number of ether oxygens (including phenoxy) is 1. The number of carboxylic acids is 1. The number of aliphatic carboxylic acids is 1. The summed E-state index contributed by atoms with van der Waals surface area (Å²) < 4.78 is 5.19. The quantitative estimate of drug-likeness (QED) is 0.886. The molecule has 6 nitrogen and oxygen atoms in total. The second kappa shape index (κ2) is 5.94. The second-order valence-corrected chi connectivity index (χ2v) is 7.16. The summed E-state index contributed by atoms with van der Waals surface area (Å²) in [5.41, 5.74) is 2.47. The van der Waals surface area contributed by atoms with Crippen LogP contribution in [0.1, 0.15) is 36.8 Å². The van der Waals surface area contributed by atoms with E-state index in [1.54, 1.807) is 6.07 Å². The van der Waals surface area contributed by atoms with Gasteiger partial charge in [-0.05, 0) is 23.1 Å². The highest BCUT2D eigenvalue weighted by atomic mass is 16.5. The summed E-state index contributed by atoms with van der Waals surface area (Å²) >= 11 is 0. The Morgan fingerprint density at radius 1 is 1.29 bits per heavy atom. The van der Waals surface area contributed by atoms with Crippen LogP contribution >= 0.6 is 0 Å². The maximum atomic E-state index is 12.7. The molecule has 6 heteroatoms. The van der Waals surface area contributed by atoms with Crippen molar-refractivity contribution in [1.29, 1.82) is 0 Å². The Morgan fingerprint density at radius 3 is 2.71 bits per heavy atom. The van der Waals surface area contributed by atoms with E-state index in [1.807, 2.05) is 12.1 Å². The van der Waals surface area contributed by atoms with Crippen molar-refractivity contribution in [3.8, 4) is 0 Å². The van der Waals surface area contributed by atoms with Gasteiger partial charge in [-0.2, -0.15) is 0 Å². The molecule has 1 amide bonds. The van der Waals surface area contributed by atoms with E-state index in [0.717, 1.165) is 10.9 Å². The van der Waals surface area contributed by atoms with Gasteiger partial charge < -0.3 is 19.7 Å². The lowest BCUT2D eigenvalue weighted by Gasteiger charge is -2.32. The number of rotatable bonds is 2. The molecule has 1 saturated heterocycles. The summed E-state index contributed by atoms with van der Waals surface area (Å²) in [6.45, 7) is 7.05. The summed E-state index contributed by atoms with van der Waals surface area (Å²) in [4.78, 5) is 28.6. The number of aromatic nitrogens is 1. The van der Waals surface area contributed by atoms with Gasteiger partial charge in [0.05, 0.1) is 13.2 Å². The molecule has 1 fully saturated rings. The highest BCUT2D eigenvalue weighted by Gasteiger charge is 2.33. The monoisotopic (exact) mass is 330 g/mol. The van der Waals surface area contributed by atoms with Crippen LogP contribution in [0.15, 0.2) is 24.3 Å². The molecule has 2 heterocycles. The molecule has 1 atom stereocenters. The number of nitrogens with one attached hydrogen (secondary N) is 1. The Kier molecular flexibility index (Phi) is 4.09. The molecule has 1 aromatic heterocycles. The molecular formula is C18H22N2O4. The predicted octanol–water partition coefficient (Wildman–Crippen LogP) is 2.39. The number of morpholine rings is 1. The molecule has 0 bridgehead atoms. The topological polar surface area (TPSA) is 82.6 Å². The summed E-state index contributed by atoms with van der Waals surface area (Å²) in [7, 11) is 0. The van der Waals surface area contributed by atoms with E-state index in [1.165, 1.54) is 10.5 Å². The molecule has 0 radical (unpaired) electrons. The van der Waals surface area contributed by atoms with Gasteiger partial charge in [0, 0.05) is 17.4 Å². The molecule has 3 rings (SSSR count). The van der Waals surface area contributed by atoms with Crippen molar-refractivity contribution in [2.75, 3.05) is 19.8 Å². The fourth-order valence-corrected chi connectivity index (χ4v) is 2.91. The van der Waals surface area contributed by atoms with E-state index in [0.29, 0.717) is 12.3 Å².